The second-order valence-electron chi connectivity index (χ2n) is 9.48. The molecular formula is C30H31N3O7. The maximum absolute atomic E-state index is 13.3. The van der Waals surface area contributed by atoms with Crippen LogP contribution in [0.25, 0.3) is 22.4 Å². The molecule has 0 spiro atoms. The van der Waals surface area contributed by atoms with E-state index in [1.54, 1.807) is 18.2 Å². The fourth-order valence-corrected chi connectivity index (χ4v) is 4.40. The molecule has 1 aromatic heterocycles. The van der Waals surface area contributed by atoms with Gasteiger partial charge in [0.15, 0.2) is 11.8 Å². The topological polar surface area (TPSA) is 165 Å². The lowest BCUT2D eigenvalue weighted by Gasteiger charge is -2.20. The summed E-state index contributed by atoms with van der Waals surface area (Å²) in [6.45, 7) is -0.665. The SMILES string of the molecule is O=C(NC(Cc1ccc(-c2ccccc2)cc1)CC(O)C(=O)O)c1cc(-c2ccccc2O)n(CC(O)CO)n1. The van der Waals surface area contributed by atoms with E-state index in [4.69, 9.17) is 0 Å². The van der Waals surface area contributed by atoms with Gasteiger partial charge in [-0.2, -0.15) is 5.10 Å². The number of para-hydroxylation sites is 1. The van der Waals surface area contributed by atoms with Crippen molar-refractivity contribution in [1.29, 1.82) is 0 Å². The standard InChI is InChI=1S/C30H31N3O7/c34-18-23(35)17-33-26(24-8-4-5-9-27(24)36)16-25(32-33)29(38)31-22(15-28(37)30(39)40)14-19-10-12-21(13-11-19)20-6-2-1-3-7-20/h1-13,16,22-23,28,34-37H,14-15,17-18H2,(H,31,38)(H,39,40). The number of hydrogen-bond acceptors (Lipinski definition) is 7. The Labute approximate surface area is 230 Å². The smallest absolute Gasteiger partial charge is 0.332 e. The molecule has 0 saturated carbocycles. The Kier molecular flexibility index (Phi) is 9.28. The average molecular weight is 546 g/mol. The predicted octanol–water partition coefficient (Wildman–Crippen LogP) is 2.45. The predicted molar refractivity (Wildman–Crippen MR) is 148 cm³/mol. The number of hydrogen-bond donors (Lipinski definition) is 6. The van der Waals surface area contributed by atoms with E-state index in [-0.39, 0.29) is 30.8 Å². The van der Waals surface area contributed by atoms with Crippen LogP contribution in [0.4, 0.5) is 0 Å². The highest BCUT2D eigenvalue weighted by molar-refractivity contribution is 5.94. The summed E-state index contributed by atoms with van der Waals surface area (Å²) in [5.74, 6) is -2.09. The fourth-order valence-electron chi connectivity index (χ4n) is 4.40. The molecule has 0 aliphatic heterocycles. The van der Waals surface area contributed by atoms with E-state index in [1.165, 1.54) is 16.8 Å². The first-order valence-electron chi connectivity index (χ1n) is 12.8. The molecule has 40 heavy (non-hydrogen) atoms. The number of nitrogens with zero attached hydrogens (tertiary/aromatic N) is 2. The lowest BCUT2D eigenvalue weighted by molar-refractivity contribution is -0.147. The number of rotatable bonds is 12. The van der Waals surface area contributed by atoms with Crippen molar-refractivity contribution in [2.45, 2.75) is 37.6 Å². The zero-order valence-corrected chi connectivity index (χ0v) is 21.6. The summed E-state index contributed by atoms with van der Waals surface area (Å²) >= 11 is 0. The van der Waals surface area contributed by atoms with Gasteiger partial charge in [-0.3, -0.25) is 9.48 Å². The molecule has 0 aliphatic carbocycles. The highest BCUT2D eigenvalue weighted by Gasteiger charge is 2.25. The number of carboxylic acids is 1. The molecule has 0 bridgehead atoms. The van der Waals surface area contributed by atoms with Crippen LogP contribution in [0.3, 0.4) is 0 Å². The molecule has 3 atom stereocenters. The Balaban J connectivity index is 1.58. The van der Waals surface area contributed by atoms with Crippen LogP contribution >= 0.6 is 0 Å². The van der Waals surface area contributed by atoms with Crippen LogP contribution in [0.15, 0.2) is 84.9 Å². The molecule has 4 rings (SSSR count). The second kappa shape index (κ2) is 13.0. The summed E-state index contributed by atoms with van der Waals surface area (Å²) in [5.41, 5.74) is 3.54. The van der Waals surface area contributed by atoms with E-state index in [0.717, 1.165) is 16.7 Å². The first kappa shape index (κ1) is 28.5. The monoisotopic (exact) mass is 545 g/mol. The molecule has 10 nitrogen and oxygen atoms in total. The Bertz CT molecular complexity index is 1440. The highest BCUT2D eigenvalue weighted by Crippen LogP contribution is 2.29. The number of aromatic hydroxyl groups is 1. The summed E-state index contributed by atoms with van der Waals surface area (Å²) in [6.07, 6.45) is -2.83. The highest BCUT2D eigenvalue weighted by atomic mass is 16.4. The van der Waals surface area contributed by atoms with Crippen LogP contribution in [-0.4, -0.2) is 72.0 Å². The number of aliphatic carboxylic acids is 1. The average Bonchev–Trinajstić information content (AvgIpc) is 3.37. The van der Waals surface area contributed by atoms with Gasteiger partial charge in [0.25, 0.3) is 5.91 Å². The number of aliphatic hydroxyl groups excluding tert-OH is 3. The number of carbonyl (C=O) groups is 2. The molecule has 1 heterocycles. The molecule has 6 N–H and O–H groups in total. The van der Waals surface area contributed by atoms with Crippen molar-refractivity contribution in [3.05, 3.63) is 96.2 Å². The Morgan fingerprint density at radius 1 is 0.900 bits per heavy atom. The Morgan fingerprint density at radius 2 is 1.55 bits per heavy atom. The Morgan fingerprint density at radius 3 is 2.20 bits per heavy atom. The van der Waals surface area contributed by atoms with E-state index in [0.29, 0.717) is 11.3 Å². The molecule has 4 aromatic rings. The lowest BCUT2D eigenvalue weighted by atomic mass is 9.97. The van der Waals surface area contributed by atoms with E-state index in [9.17, 15) is 35.1 Å². The van der Waals surface area contributed by atoms with Crippen LogP contribution in [0.5, 0.6) is 5.75 Å². The molecule has 0 aliphatic rings. The number of aromatic nitrogens is 2. The molecular weight excluding hydrogens is 514 g/mol. The molecule has 0 radical (unpaired) electrons. The number of carboxylic acid groups (broad SMARTS) is 1. The minimum absolute atomic E-state index is 0.0439. The van der Waals surface area contributed by atoms with Crippen molar-refractivity contribution in [2.24, 2.45) is 0 Å². The summed E-state index contributed by atoms with van der Waals surface area (Å²) in [7, 11) is 0. The van der Waals surface area contributed by atoms with Gasteiger partial charge in [-0.1, -0.05) is 66.7 Å². The van der Waals surface area contributed by atoms with Crippen molar-refractivity contribution < 1.29 is 35.1 Å². The van der Waals surface area contributed by atoms with Crippen molar-refractivity contribution in [2.75, 3.05) is 6.61 Å². The zero-order chi connectivity index (χ0) is 28.6. The lowest BCUT2D eigenvalue weighted by Crippen LogP contribution is -2.40. The summed E-state index contributed by atoms with van der Waals surface area (Å²) in [5, 5.41) is 56.0. The summed E-state index contributed by atoms with van der Waals surface area (Å²) in [4.78, 5) is 24.6. The van der Waals surface area contributed by atoms with Crippen LogP contribution < -0.4 is 5.32 Å². The number of phenols is 1. The zero-order valence-electron chi connectivity index (χ0n) is 21.6. The van der Waals surface area contributed by atoms with Gasteiger partial charge < -0.3 is 30.8 Å². The van der Waals surface area contributed by atoms with Gasteiger partial charge in [-0.05, 0) is 41.3 Å². The second-order valence-corrected chi connectivity index (χ2v) is 9.48. The van der Waals surface area contributed by atoms with Crippen LogP contribution in [0, 0.1) is 0 Å². The van der Waals surface area contributed by atoms with E-state index < -0.39 is 36.7 Å². The molecule has 3 aromatic carbocycles. The maximum Gasteiger partial charge on any atom is 0.332 e. The van der Waals surface area contributed by atoms with Gasteiger partial charge in [-0.15, -0.1) is 0 Å². The first-order chi connectivity index (χ1) is 19.2. The van der Waals surface area contributed by atoms with Gasteiger partial charge in [0.1, 0.15) is 5.75 Å². The first-order valence-corrected chi connectivity index (χ1v) is 12.8. The van der Waals surface area contributed by atoms with E-state index in [2.05, 4.69) is 10.4 Å². The third-order valence-corrected chi connectivity index (χ3v) is 6.46. The maximum atomic E-state index is 13.3. The van der Waals surface area contributed by atoms with E-state index in [1.807, 2.05) is 54.6 Å². The van der Waals surface area contributed by atoms with Gasteiger partial charge in [-0.25, -0.2) is 4.79 Å². The number of nitrogens with one attached hydrogen (secondary N) is 1. The Hall–Kier alpha value is -4.51. The number of aliphatic hydroxyl groups is 3. The van der Waals surface area contributed by atoms with Gasteiger partial charge >= 0.3 is 5.97 Å². The van der Waals surface area contributed by atoms with Gasteiger partial charge in [0.05, 0.1) is 24.9 Å². The number of amides is 1. The molecule has 208 valence electrons. The fraction of sp³-hybridized carbons (Fsp3) is 0.233. The van der Waals surface area contributed by atoms with Crippen LogP contribution in [0.2, 0.25) is 0 Å². The number of phenolic OH excluding ortho intramolecular Hbond substituents is 1. The third-order valence-electron chi connectivity index (χ3n) is 6.46. The normalized spacial score (nSPS) is 13.4. The quantitative estimate of drug-likeness (QED) is 0.158. The van der Waals surface area contributed by atoms with Crippen molar-refractivity contribution >= 4 is 11.9 Å². The van der Waals surface area contributed by atoms with Crippen LogP contribution in [0.1, 0.15) is 22.5 Å². The van der Waals surface area contributed by atoms with Crippen molar-refractivity contribution in [3.8, 4) is 28.1 Å². The number of benzene rings is 3. The number of carbonyl (C=O) groups excluding carboxylic acids is 1. The van der Waals surface area contributed by atoms with Gasteiger partial charge in [0.2, 0.25) is 0 Å². The molecule has 0 fully saturated rings. The van der Waals surface area contributed by atoms with E-state index >= 15 is 0 Å². The summed E-state index contributed by atoms with van der Waals surface area (Å²) < 4.78 is 1.31. The minimum atomic E-state index is -1.69. The van der Waals surface area contributed by atoms with Crippen molar-refractivity contribution in [3.63, 3.8) is 0 Å². The minimum Gasteiger partial charge on any atom is -0.507 e. The molecule has 3 unspecified atom stereocenters. The molecule has 1 amide bonds. The van der Waals surface area contributed by atoms with Gasteiger partial charge in [0, 0.05) is 18.0 Å². The van der Waals surface area contributed by atoms with Crippen LogP contribution in [-0.2, 0) is 17.8 Å². The largest absolute Gasteiger partial charge is 0.507 e. The molecule has 10 heteroatoms. The summed E-state index contributed by atoms with van der Waals surface area (Å²) in [6, 6.07) is 24.6. The van der Waals surface area contributed by atoms with Crippen molar-refractivity contribution in [1.82, 2.24) is 15.1 Å². The third kappa shape index (κ3) is 7.11. The molecule has 0 saturated heterocycles.